The van der Waals surface area contributed by atoms with Gasteiger partial charge in [-0.2, -0.15) is 0 Å². The Balaban J connectivity index is 1.84. The second-order valence-electron chi connectivity index (χ2n) is 5.05. The fourth-order valence-corrected chi connectivity index (χ4v) is 2.48. The predicted molar refractivity (Wildman–Crippen MR) is 85.8 cm³/mol. The number of nitrogens with zero attached hydrogens (tertiary/aromatic N) is 1. The first-order valence-electron chi connectivity index (χ1n) is 6.76. The van der Waals surface area contributed by atoms with Crippen LogP contribution in [0.1, 0.15) is 22.3 Å². The third kappa shape index (κ3) is 5.06. The third-order valence-corrected chi connectivity index (χ3v) is 3.73. The fourth-order valence-electron chi connectivity index (χ4n) is 2.08. The highest BCUT2D eigenvalue weighted by atomic mass is 79.9. The molecule has 4 heteroatoms. The molecule has 0 aliphatic heterocycles. The second kappa shape index (κ2) is 7.48. The zero-order chi connectivity index (χ0) is 15.2. The van der Waals surface area contributed by atoms with E-state index in [1.807, 2.05) is 31.3 Å². The minimum atomic E-state index is -0.230. The van der Waals surface area contributed by atoms with E-state index < -0.39 is 0 Å². The summed E-state index contributed by atoms with van der Waals surface area (Å²) in [7, 11) is 1.96. The van der Waals surface area contributed by atoms with Gasteiger partial charge in [-0.15, -0.1) is 0 Å². The summed E-state index contributed by atoms with van der Waals surface area (Å²) in [5.41, 5.74) is 1.76. The summed E-state index contributed by atoms with van der Waals surface area (Å²) in [5, 5.41) is 0. The molecule has 2 nitrogen and oxygen atoms in total. The van der Waals surface area contributed by atoms with Crippen molar-refractivity contribution in [1.82, 2.24) is 4.90 Å². The number of halogens is 2. The molecule has 0 aliphatic carbocycles. The SMILES string of the molecule is CN(CCC(=O)c1cccc(Br)c1)Cc1ccc(F)cc1. The van der Waals surface area contributed by atoms with Crippen LogP contribution >= 0.6 is 15.9 Å². The van der Waals surface area contributed by atoms with Gasteiger partial charge in [0.2, 0.25) is 0 Å². The van der Waals surface area contributed by atoms with E-state index in [9.17, 15) is 9.18 Å². The zero-order valence-corrected chi connectivity index (χ0v) is 13.4. The molecule has 2 rings (SSSR count). The van der Waals surface area contributed by atoms with Crippen molar-refractivity contribution in [3.05, 3.63) is 69.9 Å². The largest absolute Gasteiger partial charge is 0.302 e. The monoisotopic (exact) mass is 349 g/mol. The van der Waals surface area contributed by atoms with Crippen LogP contribution in [0.25, 0.3) is 0 Å². The lowest BCUT2D eigenvalue weighted by Gasteiger charge is -2.16. The lowest BCUT2D eigenvalue weighted by molar-refractivity contribution is 0.0968. The maximum Gasteiger partial charge on any atom is 0.164 e. The van der Waals surface area contributed by atoms with E-state index in [4.69, 9.17) is 0 Å². The molecule has 2 aromatic rings. The van der Waals surface area contributed by atoms with Gasteiger partial charge in [0.05, 0.1) is 0 Å². The van der Waals surface area contributed by atoms with Crippen LogP contribution in [0, 0.1) is 5.82 Å². The van der Waals surface area contributed by atoms with Crippen molar-refractivity contribution in [3.8, 4) is 0 Å². The van der Waals surface area contributed by atoms with Crippen LogP contribution in [0.15, 0.2) is 53.0 Å². The summed E-state index contributed by atoms with van der Waals surface area (Å²) in [5.74, 6) is -0.103. The summed E-state index contributed by atoms with van der Waals surface area (Å²) < 4.78 is 13.7. The molecule has 0 saturated carbocycles. The van der Waals surface area contributed by atoms with Gasteiger partial charge in [0, 0.05) is 29.5 Å². The van der Waals surface area contributed by atoms with Crippen LogP contribution < -0.4 is 0 Å². The number of benzene rings is 2. The topological polar surface area (TPSA) is 20.3 Å². The van der Waals surface area contributed by atoms with Crippen LogP contribution in [-0.2, 0) is 6.54 Å². The molecule has 0 fully saturated rings. The lowest BCUT2D eigenvalue weighted by Crippen LogP contribution is -2.21. The smallest absolute Gasteiger partial charge is 0.164 e. The van der Waals surface area contributed by atoms with Gasteiger partial charge in [-0.1, -0.05) is 40.2 Å². The number of carbonyl (C=O) groups is 1. The highest BCUT2D eigenvalue weighted by molar-refractivity contribution is 9.10. The van der Waals surface area contributed by atoms with Crippen molar-refractivity contribution in [3.63, 3.8) is 0 Å². The Kier molecular flexibility index (Phi) is 5.65. The van der Waals surface area contributed by atoms with E-state index in [1.165, 1.54) is 12.1 Å². The molecule has 21 heavy (non-hydrogen) atoms. The van der Waals surface area contributed by atoms with Crippen molar-refractivity contribution in [2.45, 2.75) is 13.0 Å². The summed E-state index contributed by atoms with van der Waals surface area (Å²) in [6, 6.07) is 13.9. The minimum absolute atomic E-state index is 0.127. The number of hydrogen-bond donors (Lipinski definition) is 0. The predicted octanol–water partition coefficient (Wildman–Crippen LogP) is 4.29. The van der Waals surface area contributed by atoms with Gasteiger partial charge in [-0.25, -0.2) is 4.39 Å². The number of Topliss-reactive ketones (excluding diaryl/α,β-unsaturated/α-hetero) is 1. The van der Waals surface area contributed by atoms with E-state index in [1.54, 1.807) is 12.1 Å². The average molecular weight is 350 g/mol. The molecule has 0 saturated heterocycles. The lowest BCUT2D eigenvalue weighted by atomic mass is 10.1. The number of rotatable bonds is 6. The van der Waals surface area contributed by atoms with E-state index in [2.05, 4.69) is 20.8 Å². The quantitative estimate of drug-likeness (QED) is 0.725. The third-order valence-electron chi connectivity index (χ3n) is 3.23. The highest BCUT2D eigenvalue weighted by Gasteiger charge is 2.08. The molecule has 0 bridgehead atoms. The Bertz CT molecular complexity index is 612. The number of carbonyl (C=O) groups excluding carboxylic acids is 1. The molecule has 0 radical (unpaired) electrons. The van der Waals surface area contributed by atoms with E-state index in [0.29, 0.717) is 19.5 Å². The molecule has 0 N–H and O–H groups in total. The first kappa shape index (κ1) is 15.9. The zero-order valence-electron chi connectivity index (χ0n) is 11.9. The van der Waals surface area contributed by atoms with Crippen molar-refractivity contribution >= 4 is 21.7 Å². The minimum Gasteiger partial charge on any atom is -0.302 e. The molecule has 0 aromatic heterocycles. The van der Waals surface area contributed by atoms with Gasteiger partial charge < -0.3 is 4.90 Å². The van der Waals surface area contributed by atoms with Crippen molar-refractivity contribution in [2.75, 3.05) is 13.6 Å². The summed E-state index contributed by atoms with van der Waals surface area (Å²) in [6.45, 7) is 1.37. The van der Waals surface area contributed by atoms with E-state index in [0.717, 1.165) is 15.6 Å². The van der Waals surface area contributed by atoms with E-state index in [-0.39, 0.29) is 11.6 Å². The highest BCUT2D eigenvalue weighted by Crippen LogP contribution is 2.13. The van der Waals surface area contributed by atoms with Crippen LogP contribution in [-0.4, -0.2) is 24.3 Å². The van der Waals surface area contributed by atoms with Gasteiger partial charge in [0.25, 0.3) is 0 Å². The van der Waals surface area contributed by atoms with Crippen molar-refractivity contribution < 1.29 is 9.18 Å². The van der Waals surface area contributed by atoms with Gasteiger partial charge in [-0.05, 0) is 36.9 Å². The number of hydrogen-bond acceptors (Lipinski definition) is 2. The maximum atomic E-state index is 12.8. The van der Waals surface area contributed by atoms with Gasteiger partial charge in [0.15, 0.2) is 5.78 Å². The first-order valence-corrected chi connectivity index (χ1v) is 7.55. The maximum absolute atomic E-state index is 12.8. The normalized spacial score (nSPS) is 10.9. The summed E-state index contributed by atoms with van der Waals surface area (Å²) in [4.78, 5) is 14.2. The molecule has 0 heterocycles. The fraction of sp³-hybridized carbons (Fsp3) is 0.235. The van der Waals surface area contributed by atoms with Crippen LogP contribution in [0.5, 0.6) is 0 Å². The van der Waals surface area contributed by atoms with Crippen molar-refractivity contribution in [2.24, 2.45) is 0 Å². The Hall–Kier alpha value is -1.52. The summed E-state index contributed by atoms with van der Waals surface area (Å²) >= 11 is 3.37. The van der Waals surface area contributed by atoms with Crippen LogP contribution in [0.4, 0.5) is 4.39 Å². The van der Waals surface area contributed by atoms with E-state index >= 15 is 0 Å². The van der Waals surface area contributed by atoms with Crippen LogP contribution in [0.3, 0.4) is 0 Å². The van der Waals surface area contributed by atoms with Crippen molar-refractivity contribution in [1.29, 1.82) is 0 Å². The standard InChI is InChI=1S/C17H17BrFNO/c1-20(12-13-5-7-16(19)8-6-13)10-9-17(21)14-3-2-4-15(18)11-14/h2-8,11H,9-10,12H2,1H3. The van der Waals surface area contributed by atoms with Gasteiger partial charge in [0.1, 0.15) is 5.82 Å². The molecule has 0 unspecified atom stereocenters. The molecule has 0 atom stereocenters. The van der Waals surface area contributed by atoms with Gasteiger partial charge >= 0.3 is 0 Å². The van der Waals surface area contributed by atoms with Gasteiger partial charge in [-0.3, -0.25) is 4.79 Å². The Morgan fingerprint density at radius 2 is 1.90 bits per heavy atom. The second-order valence-corrected chi connectivity index (χ2v) is 5.96. The Morgan fingerprint density at radius 3 is 2.57 bits per heavy atom. The molecular weight excluding hydrogens is 333 g/mol. The Labute approximate surface area is 132 Å². The molecule has 0 spiro atoms. The molecule has 110 valence electrons. The summed E-state index contributed by atoms with van der Waals surface area (Å²) in [6.07, 6.45) is 0.466. The average Bonchev–Trinajstić information content (AvgIpc) is 2.47. The molecule has 0 aliphatic rings. The van der Waals surface area contributed by atoms with Crippen LogP contribution in [0.2, 0.25) is 0 Å². The molecular formula is C17H17BrFNO. The molecule has 0 amide bonds. The Morgan fingerprint density at radius 1 is 1.19 bits per heavy atom. The first-order chi connectivity index (χ1) is 10.0. The molecule has 2 aromatic carbocycles. The number of ketones is 1.